The van der Waals surface area contributed by atoms with Gasteiger partial charge in [-0.2, -0.15) is 0 Å². The summed E-state index contributed by atoms with van der Waals surface area (Å²) >= 11 is 0. The zero-order valence-electron chi connectivity index (χ0n) is 19.2. The fraction of sp³-hybridized carbons (Fsp3) is 0.909. The molecule has 0 spiro atoms. The molecular formula is C22H42N6O2. The van der Waals surface area contributed by atoms with Crippen molar-refractivity contribution in [1.29, 1.82) is 0 Å². The zero-order chi connectivity index (χ0) is 21.2. The third-order valence-electron chi connectivity index (χ3n) is 6.82. The third-order valence-corrected chi connectivity index (χ3v) is 6.82. The standard InChI is InChI=1S/C22H42N6O2/c1-23-22(24-18-20-6-10-25(11-7-20)16-17-30-2)28-14-12-26(13-15-28)19-21(29)27-8-4-3-5-9-27/h20H,3-19H2,1-2H3,(H,23,24). The van der Waals surface area contributed by atoms with Crippen molar-refractivity contribution in [1.82, 2.24) is 24.9 Å². The maximum Gasteiger partial charge on any atom is 0.236 e. The minimum Gasteiger partial charge on any atom is -0.383 e. The van der Waals surface area contributed by atoms with Crippen LogP contribution in [0.5, 0.6) is 0 Å². The van der Waals surface area contributed by atoms with E-state index in [9.17, 15) is 4.79 Å². The van der Waals surface area contributed by atoms with Crippen LogP contribution in [0.25, 0.3) is 0 Å². The van der Waals surface area contributed by atoms with Crippen LogP contribution in [-0.4, -0.2) is 124 Å². The molecule has 3 heterocycles. The van der Waals surface area contributed by atoms with E-state index in [4.69, 9.17) is 4.74 Å². The maximum atomic E-state index is 12.5. The summed E-state index contributed by atoms with van der Waals surface area (Å²) in [5, 5.41) is 3.61. The summed E-state index contributed by atoms with van der Waals surface area (Å²) in [4.78, 5) is 26.2. The van der Waals surface area contributed by atoms with E-state index in [0.29, 0.717) is 18.4 Å². The van der Waals surface area contributed by atoms with Crippen molar-refractivity contribution in [2.24, 2.45) is 10.9 Å². The molecule has 1 N–H and O–H groups in total. The van der Waals surface area contributed by atoms with E-state index in [0.717, 1.165) is 90.9 Å². The Bertz CT molecular complexity index is 536. The van der Waals surface area contributed by atoms with Crippen LogP contribution in [0, 0.1) is 5.92 Å². The van der Waals surface area contributed by atoms with Crippen LogP contribution in [0.1, 0.15) is 32.1 Å². The molecule has 3 saturated heterocycles. The van der Waals surface area contributed by atoms with Gasteiger partial charge in [-0.05, 0) is 51.1 Å². The van der Waals surface area contributed by atoms with Crippen LogP contribution in [0.2, 0.25) is 0 Å². The molecule has 1 amide bonds. The highest BCUT2D eigenvalue weighted by Gasteiger charge is 2.25. The molecule has 8 heteroatoms. The van der Waals surface area contributed by atoms with E-state index >= 15 is 0 Å². The fourth-order valence-electron chi connectivity index (χ4n) is 4.75. The normalized spacial score (nSPS) is 23.1. The number of ether oxygens (including phenoxy) is 1. The van der Waals surface area contributed by atoms with Gasteiger partial charge in [-0.3, -0.25) is 14.7 Å². The number of guanidine groups is 1. The minimum atomic E-state index is 0.308. The second-order valence-electron chi connectivity index (χ2n) is 8.91. The lowest BCUT2D eigenvalue weighted by molar-refractivity contribution is -0.133. The van der Waals surface area contributed by atoms with Gasteiger partial charge in [0, 0.05) is 66.5 Å². The van der Waals surface area contributed by atoms with E-state index in [1.807, 2.05) is 7.05 Å². The van der Waals surface area contributed by atoms with E-state index < -0.39 is 0 Å². The summed E-state index contributed by atoms with van der Waals surface area (Å²) in [7, 11) is 3.65. The van der Waals surface area contributed by atoms with Crippen molar-refractivity contribution in [2.75, 3.05) is 92.8 Å². The number of methoxy groups -OCH3 is 1. The second-order valence-corrected chi connectivity index (χ2v) is 8.91. The number of amides is 1. The smallest absolute Gasteiger partial charge is 0.236 e. The number of carbonyl (C=O) groups excluding carboxylic acids is 1. The summed E-state index contributed by atoms with van der Waals surface area (Å²) in [5.74, 6) is 2.03. The first kappa shape index (κ1) is 23.3. The molecule has 30 heavy (non-hydrogen) atoms. The number of piperazine rings is 1. The Balaban J connectivity index is 1.33. The molecule has 0 unspecified atom stereocenters. The molecule has 0 bridgehead atoms. The number of nitrogens with zero attached hydrogens (tertiary/aromatic N) is 5. The highest BCUT2D eigenvalue weighted by atomic mass is 16.5. The quantitative estimate of drug-likeness (QED) is 0.478. The molecule has 3 rings (SSSR count). The highest BCUT2D eigenvalue weighted by Crippen LogP contribution is 2.16. The molecule has 3 aliphatic heterocycles. The van der Waals surface area contributed by atoms with E-state index in [-0.39, 0.29) is 0 Å². The van der Waals surface area contributed by atoms with Crippen molar-refractivity contribution >= 4 is 11.9 Å². The molecule has 172 valence electrons. The van der Waals surface area contributed by atoms with Gasteiger partial charge in [-0.1, -0.05) is 0 Å². The number of rotatable bonds is 7. The molecule has 0 aromatic heterocycles. The molecule has 3 aliphatic rings. The first-order valence-electron chi connectivity index (χ1n) is 11.9. The van der Waals surface area contributed by atoms with Gasteiger partial charge in [-0.15, -0.1) is 0 Å². The summed E-state index contributed by atoms with van der Waals surface area (Å²) in [6, 6.07) is 0. The lowest BCUT2D eigenvalue weighted by Crippen LogP contribution is -2.55. The van der Waals surface area contributed by atoms with Gasteiger partial charge >= 0.3 is 0 Å². The van der Waals surface area contributed by atoms with Gasteiger partial charge in [0.2, 0.25) is 5.91 Å². The van der Waals surface area contributed by atoms with Crippen LogP contribution in [0.4, 0.5) is 0 Å². The van der Waals surface area contributed by atoms with Gasteiger partial charge in [0.25, 0.3) is 0 Å². The Morgan fingerprint density at radius 2 is 1.63 bits per heavy atom. The van der Waals surface area contributed by atoms with Crippen LogP contribution < -0.4 is 5.32 Å². The van der Waals surface area contributed by atoms with Crippen LogP contribution in [-0.2, 0) is 9.53 Å². The van der Waals surface area contributed by atoms with Crippen molar-refractivity contribution in [3.63, 3.8) is 0 Å². The van der Waals surface area contributed by atoms with Gasteiger partial charge in [0.15, 0.2) is 5.96 Å². The Hall–Kier alpha value is -1.38. The Labute approximate surface area is 182 Å². The predicted molar refractivity (Wildman–Crippen MR) is 121 cm³/mol. The summed E-state index contributed by atoms with van der Waals surface area (Å²) in [5.41, 5.74) is 0. The fourth-order valence-corrected chi connectivity index (χ4v) is 4.75. The first-order chi connectivity index (χ1) is 14.7. The highest BCUT2D eigenvalue weighted by molar-refractivity contribution is 5.80. The monoisotopic (exact) mass is 422 g/mol. The Morgan fingerprint density at radius 3 is 2.27 bits per heavy atom. The number of hydrogen-bond acceptors (Lipinski definition) is 5. The van der Waals surface area contributed by atoms with E-state index in [1.165, 1.54) is 19.3 Å². The van der Waals surface area contributed by atoms with Crippen molar-refractivity contribution in [3.05, 3.63) is 0 Å². The predicted octanol–water partition coefficient (Wildman–Crippen LogP) is 0.550. The number of likely N-dealkylation sites (tertiary alicyclic amines) is 2. The molecule has 0 aromatic rings. The Kier molecular flexibility index (Phi) is 9.68. The molecule has 8 nitrogen and oxygen atoms in total. The molecule has 0 aromatic carbocycles. The molecule has 0 aliphatic carbocycles. The summed E-state index contributed by atoms with van der Waals surface area (Å²) < 4.78 is 5.19. The maximum absolute atomic E-state index is 12.5. The van der Waals surface area contributed by atoms with Crippen LogP contribution in [0.15, 0.2) is 4.99 Å². The molecular weight excluding hydrogens is 380 g/mol. The topological polar surface area (TPSA) is 63.7 Å². The summed E-state index contributed by atoms with van der Waals surface area (Å²) in [6.45, 7) is 11.4. The van der Waals surface area contributed by atoms with E-state index in [1.54, 1.807) is 7.11 Å². The van der Waals surface area contributed by atoms with E-state index in [2.05, 4.69) is 29.9 Å². The second kappa shape index (κ2) is 12.5. The van der Waals surface area contributed by atoms with Crippen molar-refractivity contribution in [2.45, 2.75) is 32.1 Å². The van der Waals surface area contributed by atoms with Crippen LogP contribution in [0.3, 0.4) is 0 Å². The van der Waals surface area contributed by atoms with Crippen molar-refractivity contribution in [3.8, 4) is 0 Å². The lowest BCUT2D eigenvalue weighted by Gasteiger charge is -2.38. The molecule has 0 radical (unpaired) electrons. The van der Waals surface area contributed by atoms with Gasteiger partial charge in [0.05, 0.1) is 13.2 Å². The Morgan fingerprint density at radius 1 is 0.933 bits per heavy atom. The molecule has 0 saturated carbocycles. The van der Waals surface area contributed by atoms with Gasteiger partial charge in [0.1, 0.15) is 0 Å². The number of nitrogens with one attached hydrogen (secondary N) is 1. The van der Waals surface area contributed by atoms with Crippen molar-refractivity contribution < 1.29 is 9.53 Å². The average molecular weight is 423 g/mol. The number of carbonyl (C=O) groups is 1. The molecule has 0 atom stereocenters. The average Bonchev–Trinajstić information content (AvgIpc) is 2.80. The minimum absolute atomic E-state index is 0.308. The lowest BCUT2D eigenvalue weighted by atomic mass is 9.97. The van der Waals surface area contributed by atoms with Gasteiger partial charge < -0.3 is 24.8 Å². The van der Waals surface area contributed by atoms with Crippen LogP contribution >= 0.6 is 0 Å². The zero-order valence-corrected chi connectivity index (χ0v) is 19.2. The first-order valence-corrected chi connectivity index (χ1v) is 11.9. The largest absolute Gasteiger partial charge is 0.383 e. The third kappa shape index (κ3) is 7.10. The number of hydrogen-bond donors (Lipinski definition) is 1. The summed E-state index contributed by atoms with van der Waals surface area (Å²) in [6.07, 6.45) is 6.06. The number of piperidine rings is 2. The number of aliphatic imine (C=N–C) groups is 1. The van der Waals surface area contributed by atoms with Gasteiger partial charge in [-0.25, -0.2) is 0 Å². The molecule has 3 fully saturated rings. The SMILES string of the molecule is CN=C(NCC1CCN(CCOC)CC1)N1CCN(CC(=O)N2CCCCC2)CC1.